The molecule has 0 saturated carbocycles. The van der Waals surface area contributed by atoms with Crippen LogP contribution in [0.25, 0.3) is 11.6 Å². The van der Waals surface area contributed by atoms with Crippen molar-refractivity contribution < 1.29 is 4.39 Å². The summed E-state index contributed by atoms with van der Waals surface area (Å²) in [6.07, 6.45) is 1.56. The second-order valence-electron chi connectivity index (χ2n) is 4.14. The first-order valence-electron chi connectivity index (χ1n) is 5.43. The number of aromatic nitrogens is 4. The monoisotopic (exact) mass is 308 g/mol. The van der Waals surface area contributed by atoms with Crippen LogP contribution in [0.4, 0.5) is 4.39 Å². The van der Waals surface area contributed by atoms with E-state index >= 15 is 0 Å². The summed E-state index contributed by atoms with van der Waals surface area (Å²) in [7, 11) is 0. The molecule has 0 bridgehead atoms. The van der Waals surface area contributed by atoms with Crippen molar-refractivity contribution in [3.05, 3.63) is 46.1 Å². The van der Waals surface area contributed by atoms with E-state index in [4.69, 9.17) is 0 Å². The fourth-order valence-electron chi connectivity index (χ4n) is 1.95. The maximum absolute atomic E-state index is 13.4. The van der Waals surface area contributed by atoms with E-state index in [9.17, 15) is 4.39 Å². The van der Waals surface area contributed by atoms with Crippen molar-refractivity contribution >= 4 is 21.6 Å². The molecule has 3 aromatic heterocycles. The Morgan fingerprint density at radius 3 is 2.56 bits per heavy atom. The molecule has 0 saturated heterocycles. The predicted molar refractivity (Wildman–Crippen MR) is 69.4 cm³/mol. The number of nitrogens with zero attached hydrogens (tertiary/aromatic N) is 4. The number of fused-ring (bicyclic) bond motifs is 1. The van der Waals surface area contributed by atoms with Gasteiger partial charge >= 0.3 is 0 Å². The van der Waals surface area contributed by atoms with Gasteiger partial charge in [0.25, 0.3) is 5.95 Å². The zero-order valence-electron chi connectivity index (χ0n) is 9.85. The molecule has 92 valence electrons. The Morgan fingerprint density at radius 2 is 1.89 bits per heavy atom. The fraction of sp³-hybridized carbons (Fsp3) is 0.167. The first-order valence-corrected chi connectivity index (χ1v) is 6.22. The van der Waals surface area contributed by atoms with Crippen LogP contribution >= 0.6 is 15.9 Å². The van der Waals surface area contributed by atoms with Gasteiger partial charge in [-0.25, -0.2) is 8.91 Å². The second-order valence-corrected chi connectivity index (χ2v) is 4.99. The van der Waals surface area contributed by atoms with Gasteiger partial charge in [0.1, 0.15) is 5.82 Å². The lowest BCUT2D eigenvalue weighted by Gasteiger charge is -2.01. The van der Waals surface area contributed by atoms with E-state index < -0.39 is 0 Å². The molecule has 0 aliphatic rings. The van der Waals surface area contributed by atoms with E-state index in [1.165, 1.54) is 6.07 Å². The summed E-state index contributed by atoms with van der Waals surface area (Å²) in [5, 5.41) is 4.35. The van der Waals surface area contributed by atoms with Crippen molar-refractivity contribution in [3.8, 4) is 5.95 Å². The summed E-state index contributed by atoms with van der Waals surface area (Å²) < 4.78 is 17.3. The summed E-state index contributed by atoms with van der Waals surface area (Å²) in [4.78, 5) is 4.33. The molecule has 0 atom stereocenters. The van der Waals surface area contributed by atoms with Crippen molar-refractivity contribution in [2.24, 2.45) is 0 Å². The minimum Gasteiger partial charge on any atom is -0.286 e. The summed E-state index contributed by atoms with van der Waals surface area (Å²) in [5.74, 6) is 0.204. The Hall–Kier alpha value is -1.69. The zero-order valence-corrected chi connectivity index (χ0v) is 11.4. The van der Waals surface area contributed by atoms with E-state index in [-0.39, 0.29) is 5.82 Å². The highest BCUT2D eigenvalue weighted by Crippen LogP contribution is 2.18. The highest BCUT2D eigenvalue weighted by atomic mass is 79.9. The molecule has 6 heteroatoms. The second kappa shape index (κ2) is 3.91. The van der Waals surface area contributed by atoms with Gasteiger partial charge in [-0.15, -0.1) is 5.10 Å². The van der Waals surface area contributed by atoms with E-state index in [2.05, 4.69) is 26.0 Å². The van der Waals surface area contributed by atoms with Gasteiger partial charge < -0.3 is 0 Å². The number of pyridine rings is 1. The smallest absolute Gasteiger partial charge is 0.254 e. The number of halogens is 2. The van der Waals surface area contributed by atoms with Crippen LogP contribution in [0.15, 0.2) is 28.9 Å². The lowest BCUT2D eigenvalue weighted by atomic mass is 10.4. The van der Waals surface area contributed by atoms with E-state index in [1.54, 1.807) is 10.7 Å². The highest BCUT2D eigenvalue weighted by Gasteiger charge is 2.11. The van der Waals surface area contributed by atoms with Gasteiger partial charge in [0.05, 0.1) is 4.47 Å². The maximum Gasteiger partial charge on any atom is 0.254 e. The zero-order chi connectivity index (χ0) is 12.9. The molecule has 3 rings (SSSR count). The molecule has 0 aliphatic carbocycles. The molecule has 4 nitrogen and oxygen atoms in total. The maximum atomic E-state index is 13.4. The molecular formula is C12H10BrFN4. The van der Waals surface area contributed by atoms with E-state index in [0.717, 1.165) is 11.4 Å². The number of rotatable bonds is 1. The highest BCUT2D eigenvalue weighted by molar-refractivity contribution is 9.10. The van der Waals surface area contributed by atoms with Gasteiger partial charge in [0, 0.05) is 23.7 Å². The molecule has 0 radical (unpaired) electrons. The summed E-state index contributed by atoms with van der Waals surface area (Å²) in [5.41, 5.74) is 2.57. The van der Waals surface area contributed by atoms with Crippen LogP contribution in [0.3, 0.4) is 0 Å². The van der Waals surface area contributed by atoms with E-state index in [0.29, 0.717) is 16.1 Å². The number of aryl methyl sites for hydroxylation is 2. The average Bonchev–Trinajstić information content (AvgIpc) is 2.83. The van der Waals surface area contributed by atoms with Crippen molar-refractivity contribution in [1.82, 2.24) is 19.2 Å². The quantitative estimate of drug-likeness (QED) is 0.692. The molecule has 0 amide bonds. The van der Waals surface area contributed by atoms with Gasteiger partial charge in [-0.05, 0) is 41.9 Å². The normalized spacial score (nSPS) is 11.3. The Kier molecular flexibility index (Phi) is 2.48. The topological polar surface area (TPSA) is 35.1 Å². The summed E-state index contributed by atoms with van der Waals surface area (Å²) in [6.45, 7) is 3.96. The van der Waals surface area contributed by atoms with Gasteiger partial charge in [0.15, 0.2) is 5.65 Å². The standard InChI is InChI=1S/C12H10BrFN4/c1-7-3-4-8(2)18(7)12-15-11-5-10(14)9(13)6-17(11)16-12/h3-6H,1-2H3. The summed E-state index contributed by atoms with van der Waals surface area (Å²) >= 11 is 3.13. The van der Waals surface area contributed by atoms with Crippen molar-refractivity contribution in [3.63, 3.8) is 0 Å². The van der Waals surface area contributed by atoms with Crippen LogP contribution in [0, 0.1) is 19.7 Å². The first kappa shape index (κ1) is 11.4. The largest absolute Gasteiger partial charge is 0.286 e. The van der Waals surface area contributed by atoms with Crippen LogP contribution in [0.2, 0.25) is 0 Å². The van der Waals surface area contributed by atoms with Crippen molar-refractivity contribution in [2.75, 3.05) is 0 Å². The van der Waals surface area contributed by atoms with Crippen LogP contribution < -0.4 is 0 Å². The van der Waals surface area contributed by atoms with E-state index in [1.807, 2.05) is 30.5 Å². The summed E-state index contributed by atoms with van der Waals surface area (Å²) in [6, 6.07) is 5.35. The minimum atomic E-state index is -0.345. The van der Waals surface area contributed by atoms with Crippen LogP contribution in [-0.4, -0.2) is 19.2 Å². The molecule has 3 aromatic rings. The first-order chi connectivity index (χ1) is 8.56. The Bertz CT molecular complexity index is 685. The molecule has 3 heterocycles. The molecule has 0 aromatic carbocycles. The minimum absolute atomic E-state index is 0.345. The Labute approximate surface area is 111 Å². The average molecular weight is 309 g/mol. The van der Waals surface area contributed by atoms with Crippen LogP contribution in [-0.2, 0) is 0 Å². The molecule has 0 unspecified atom stereocenters. The Balaban J connectivity index is 2.26. The lowest BCUT2D eigenvalue weighted by Crippen LogP contribution is -2.01. The number of hydrogen-bond donors (Lipinski definition) is 0. The third-order valence-corrected chi connectivity index (χ3v) is 3.42. The molecular weight excluding hydrogens is 299 g/mol. The lowest BCUT2D eigenvalue weighted by molar-refractivity contribution is 0.617. The molecule has 0 aliphatic heterocycles. The van der Waals surface area contributed by atoms with Gasteiger partial charge in [-0.1, -0.05) is 0 Å². The number of hydrogen-bond acceptors (Lipinski definition) is 2. The molecule has 0 N–H and O–H groups in total. The Morgan fingerprint density at radius 1 is 1.22 bits per heavy atom. The fourth-order valence-corrected chi connectivity index (χ4v) is 2.26. The molecule has 18 heavy (non-hydrogen) atoms. The predicted octanol–water partition coefficient (Wildman–Crippen LogP) is 3.04. The molecule has 0 fully saturated rings. The van der Waals surface area contributed by atoms with Crippen LogP contribution in [0.5, 0.6) is 0 Å². The molecule has 0 spiro atoms. The van der Waals surface area contributed by atoms with Crippen molar-refractivity contribution in [1.29, 1.82) is 0 Å². The van der Waals surface area contributed by atoms with Crippen molar-refractivity contribution in [2.45, 2.75) is 13.8 Å². The van der Waals surface area contributed by atoms with Gasteiger partial charge in [-0.3, -0.25) is 4.57 Å². The van der Waals surface area contributed by atoms with Gasteiger partial charge in [0.2, 0.25) is 0 Å². The third kappa shape index (κ3) is 1.64. The van der Waals surface area contributed by atoms with Gasteiger partial charge in [-0.2, -0.15) is 4.98 Å². The third-order valence-electron chi connectivity index (χ3n) is 2.84. The SMILES string of the molecule is Cc1ccc(C)n1-c1nc2cc(F)c(Br)cn2n1. The van der Waals surface area contributed by atoms with Crippen LogP contribution in [0.1, 0.15) is 11.4 Å².